The molecule has 0 atom stereocenters. The molecular formula is C14H17N3. The van der Waals surface area contributed by atoms with Crippen molar-refractivity contribution in [3.8, 4) is 0 Å². The number of aryl methyl sites for hydroxylation is 4. The van der Waals surface area contributed by atoms with Gasteiger partial charge < -0.3 is 0 Å². The van der Waals surface area contributed by atoms with Gasteiger partial charge in [-0.25, -0.2) is 0 Å². The second-order valence-electron chi connectivity index (χ2n) is 4.77. The Balaban J connectivity index is 1.71. The number of rotatable bonds is 3. The summed E-state index contributed by atoms with van der Waals surface area (Å²) in [6.45, 7) is 0. The van der Waals surface area contributed by atoms with Crippen LogP contribution in [0.5, 0.6) is 0 Å². The highest BCUT2D eigenvalue weighted by Gasteiger charge is 2.09. The average Bonchev–Trinajstić information content (AvgIpc) is 2.89. The molecule has 0 radical (unpaired) electrons. The zero-order valence-electron chi connectivity index (χ0n) is 9.95. The molecule has 3 nitrogen and oxygen atoms in total. The quantitative estimate of drug-likeness (QED) is 0.875. The maximum absolute atomic E-state index is 4.08. The van der Waals surface area contributed by atoms with Crippen LogP contribution in [0.4, 0.5) is 0 Å². The smallest absolute Gasteiger partial charge is 0.0828 e. The first-order chi connectivity index (χ1) is 8.42. The van der Waals surface area contributed by atoms with Gasteiger partial charge in [0.15, 0.2) is 0 Å². The number of benzene rings is 1. The first-order valence-corrected chi connectivity index (χ1v) is 6.37. The second-order valence-corrected chi connectivity index (χ2v) is 4.77. The number of hydrogen-bond donors (Lipinski definition) is 1. The predicted octanol–water partition coefficient (Wildman–Crippen LogP) is 2.47. The van der Waals surface area contributed by atoms with Gasteiger partial charge in [0.1, 0.15) is 0 Å². The molecule has 0 amide bonds. The first kappa shape index (κ1) is 10.5. The van der Waals surface area contributed by atoms with Crippen LogP contribution in [0.25, 0.3) is 0 Å². The van der Waals surface area contributed by atoms with E-state index in [0.29, 0.717) is 0 Å². The van der Waals surface area contributed by atoms with E-state index in [9.17, 15) is 0 Å². The summed E-state index contributed by atoms with van der Waals surface area (Å²) in [5.74, 6) is 0. The third-order valence-corrected chi connectivity index (χ3v) is 3.55. The fourth-order valence-corrected chi connectivity index (χ4v) is 2.56. The van der Waals surface area contributed by atoms with E-state index in [1.165, 1.54) is 31.2 Å². The zero-order chi connectivity index (χ0) is 11.5. The van der Waals surface area contributed by atoms with E-state index in [4.69, 9.17) is 0 Å². The van der Waals surface area contributed by atoms with Gasteiger partial charge in [0.2, 0.25) is 0 Å². The highest BCUT2D eigenvalue weighted by atomic mass is 15.3. The van der Waals surface area contributed by atoms with Crippen molar-refractivity contribution in [2.24, 2.45) is 0 Å². The van der Waals surface area contributed by atoms with Crippen LogP contribution in [0.2, 0.25) is 0 Å². The largest absolute Gasteiger partial charge is 0.198 e. The van der Waals surface area contributed by atoms with Gasteiger partial charge in [-0.05, 0) is 55.2 Å². The third-order valence-electron chi connectivity index (χ3n) is 3.55. The maximum Gasteiger partial charge on any atom is 0.0828 e. The summed E-state index contributed by atoms with van der Waals surface area (Å²) < 4.78 is 0. The number of nitrogens with zero attached hydrogens (tertiary/aromatic N) is 2. The Bertz CT molecular complexity index is 488. The molecule has 0 spiro atoms. The third kappa shape index (κ3) is 2.38. The normalized spacial score (nSPS) is 14.6. The van der Waals surface area contributed by atoms with Gasteiger partial charge in [0.05, 0.1) is 11.9 Å². The monoisotopic (exact) mass is 227 g/mol. The van der Waals surface area contributed by atoms with E-state index in [1.807, 2.05) is 0 Å². The SMILES string of the molecule is c1cc2c(cc1CCc1cn[nH]n1)CCCC2. The Morgan fingerprint density at radius 3 is 2.76 bits per heavy atom. The van der Waals surface area contributed by atoms with E-state index >= 15 is 0 Å². The molecule has 17 heavy (non-hydrogen) atoms. The lowest BCUT2D eigenvalue weighted by molar-refractivity contribution is 0.684. The first-order valence-electron chi connectivity index (χ1n) is 6.37. The fourth-order valence-electron chi connectivity index (χ4n) is 2.56. The molecule has 1 aliphatic carbocycles. The number of H-pyrrole nitrogens is 1. The minimum Gasteiger partial charge on any atom is -0.198 e. The summed E-state index contributed by atoms with van der Waals surface area (Å²) in [6.07, 6.45) is 9.05. The van der Waals surface area contributed by atoms with Gasteiger partial charge in [-0.3, -0.25) is 0 Å². The van der Waals surface area contributed by atoms with Crippen LogP contribution in [0.15, 0.2) is 24.4 Å². The van der Waals surface area contributed by atoms with Crippen molar-refractivity contribution < 1.29 is 0 Å². The highest BCUT2D eigenvalue weighted by Crippen LogP contribution is 2.22. The lowest BCUT2D eigenvalue weighted by Crippen LogP contribution is -2.03. The predicted molar refractivity (Wildman–Crippen MR) is 66.9 cm³/mol. The van der Waals surface area contributed by atoms with E-state index < -0.39 is 0 Å². The van der Waals surface area contributed by atoms with Crippen LogP contribution < -0.4 is 0 Å². The van der Waals surface area contributed by atoms with Gasteiger partial charge in [0.25, 0.3) is 0 Å². The summed E-state index contributed by atoms with van der Waals surface area (Å²) in [5.41, 5.74) is 5.59. The summed E-state index contributed by atoms with van der Waals surface area (Å²) in [4.78, 5) is 0. The van der Waals surface area contributed by atoms with Crippen molar-refractivity contribution >= 4 is 0 Å². The zero-order valence-corrected chi connectivity index (χ0v) is 9.95. The maximum atomic E-state index is 4.08. The molecule has 1 heterocycles. The van der Waals surface area contributed by atoms with Crippen LogP contribution in [0.3, 0.4) is 0 Å². The highest BCUT2D eigenvalue weighted by molar-refractivity contribution is 5.34. The molecule has 1 aliphatic rings. The Hall–Kier alpha value is -1.64. The number of aromatic nitrogens is 3. The Morgan fingerprint density at radius 1 is 1.06 bits per heavy atom. The number of fused-ring (bicyclic) bond motifs is 1. The molecular weight excluding hydrogens is 210 g/mol. The standard InChI is InChI=1S/C14H17N3/c1-2-4-13-9-11(5-7-12(13)3-1)6-8-14-10-15-17-16-14/h5,7,9-10H,1-4,6,8H2,(H,15,16,17). The molecule has 3 heteroatoms. The lowest BCUT2D eigenvalue weighted by Gasteiger charge is -2.16. The molecule has 88 valence electrons. The van der Waals surface area contributed by atoms with Gasteiger partial charge in [0, 0.05) is 0 Å². The number of nitrogens with one attached hydrogen (secondary N) is 1. The van der Waals surface area contributed by atoms with Crippen LogP contribution in [-0.2, 0) is 25.7 Å². The van der Waals surface area contributed by atoms with E-state index in [1.54, 1.807) is 17.3 Å². The fraction of sp³-hybridized carbons (Fsp3) is 0.429. The summed E-state index contributed by atoms with van der Waals surface area (Å²) in [5, 5.41) is 10.6. The molecule has 1 aromatic carbocycles. The molecule has 3 rings (SSSR count). The van der Waals surface area contributed by atoms with Crippen molar-refractivity contribution in [2.45, 2.75) is 38.5 Å². The van der Waals surface area contributed by atoms with Crippen LogP contribution in [0.1, 0.15) is 35.2 Å². The molecule has 1 N–H and O–H groups in total. The number of hydrogen-bond acceptors (Lipinski definition) is 2. The lowest BCUT2D eigenvalue weighted by atomic mass is 9.89. The van der Waals surface area contributed by atoms with Crippen molar-refractivity contribution in [2.75, 3.05) is 0 Å². The van der Waals surface area contributed by atoms with Crippen molar-refractivity contribution in [3.63, 3.8) is 0 Å². The van der Waals surface area contributed by atoms with Gasteiger partial charge in [-0.15, -0.1) is 0 Å². The minimum absolute atomic E-state index is 0.968. The molecule has 0 unspecified atom stereocenters. The van der Waals surface area contributed by atoms with E-state index in [2.05, 4.69) is 33.6 Å². The molecule has 0 fully saturated rings. The Labute approximate surface area is 101 Å². The summed E-state index contributed by atoms with van der Waals surface area (Å²) >= 11 is 0. The van der Waals surface area contributed by atoms with Crippen LogP contribution in [-0.4, -0.2) is 15.4 Å². The van der Waals surface area contributed by atoms with E-state index in [-0.39, 0.29) is 0 Å². The molecule has 0 saturated carbocycles. The molecule has 1 aromatic heterocycles. The van der Waals surface area contributed by atoms with E-state index in [0.717, 1.165) is 18.5 Å². The molecule has 0 saturated heterocycles. The van der Waals surface area contributed by atoms with Crippen molar-refractivity contribution in [1.29, 1.82) is 0 Å². The van der Waals surface area contributed by atoms with Gasteiger partial charge in [-0.2, -0.15) is 15.4 Å². The van der Waals surface area contributed by atoms with Crippen molar-refractivity contribution in [3.05, 3.63) is 46.8 Å². The molecule has 0 aliphatic heterocycles. The average molecular weight is 227 g/mol. The molecule has 0 bridgehead atoms. The second kappa shape index (κ2) is 4.70. The number of aromatic amines is 1. The van der Waals surface area contributed by atoms with Crippen molar-refractivity contribution in [1.82, 2.24) is 15.4 Å². The topological polar surface area (TPSA) is 41.6 Å². The van der Waals surface area contributed by atoms with Crippen LogP contribution in [0, 0.1) is 0 Å². The Morgan fingerprint density at radius 2 is 1.94 bits per heavy atom. The molecule has 2 aromatic rings. The van der Waals surface area contributed by atoms with Gasteiger partial charge >= 0.3 is 0 Å². The summed E-state index contributed by atoms with van der Waals surface area (Å²) in [6, 6.07) is 6.96. The summed E-state index contributed by atoms with van der Waals surface area (Å²) in [7, 11) is 0. The Kier molecular flexibility index (Phi) is 2.90. The minimum atomic E-state index is 0.968. The van der Waals surface area contributed by atoms with Crippen LogP contribution >= 0.6 is 0 Å². The van der Waals surface area contributed by atoms with Gasteiger partial charge in [-0.1, -0.05) is 18.2 Å².